The van der Waals surface area contributed by atoms with E-state index in [1.54, 1.807) is 4.90 Å². The first-order valence-electron chi connectivity index (χ1n) is 9.15. The number of para-hydroxylation sites is 1. The van der Waals surface area contributed by atoms with Crippen LogP contribution in [-0.2, 0) is 4.79 Å². The molecule has 1 aromatic rings. The number of nitrogens with zero attached hydrogens (tertiary/aromatic N) is 1. The van der Waals surface area contributed by atoms with Crippen LogP contribution in [0.4, 0.5) is 10.5 Å². The number of nitrogens with one attached hydrogen (secondary N) is 2. The van der Waals surface area contributed by atoms with E-state index in [4.69, 9.17) is 5.73 Å². The summed E-state index contributed by atoms with van der Waals surface area (Å²) in [6.07, 6.45) is 3.27. The second-order valence-electron chi connectivity index (χ2n) is 6.87. The topological polar surface area (TPSA) is 87.5 Å². The van der Waals surface area contributed by atoms with Gasteiger partial charge in [0.1, 0.15) is 0 Å². The SMILES string of the molecule is CCC(N)(CC)CNC(=O)C1CCCN(C(=O)Nc2ccccc2)C1. The number of nitrogens with two attached hydrogens (primary N) is 1. The molecule has 0 spiro atoms. The van der Waals surface area contributed by atoms with Gasteiger partial charge in [0.25, 0.3) is 0 Å². The normalized spacial score (nSPS) is 17.9. The molecule has 25 heavy (non-hydrogen) atoms. The van der Waals surface area contributed by atoms with Gasteiger partial charge in [0.15, 0.2) is 0 Å². The van der Waals surface area contributed by atoms with Gasteiger partial charge in [0.05, 0.1) is 5.92 Å². The van der Waals surface area contributed by atoms with Crippen LogP contribution in [0.2, 0.25) is 0 Å². The molecule has 3 amide bonds. The molecule has 1 heterocycles. The molecular formula is C19H30N4O2. The lowest BCUT2D eigenvalue weighted by Crippen LogP contribution is -2.52. The molecule has 1 fully saturated rings. The molecule has 1 aliphatic rings. The van der Waals surface area contributed by atoms with Crippen molar-refractivity contribution < 1.29 is 9.59 Å². The Morgan fingerprint density at radius 1 is 1.24 bits per heavy atom. The van der Waals surface area contributed by atoms with Crippen molar-refractivity contribution in [2.75, 3.05) is 25.0 Å². The number of likely N-dealkylation sites (tertiary alicyclic amines) is 1. The molecule has 1 aliphatic heterocycles. The Morgan fingerprint density at radius 3 is 2.56 bits per heavy atom. The predicted octanol–water partition coefficient (Wildman–Crippen LogP) is 2.56. The van der Waals surface area contributed by atoms with Gasteiger partial charge < -0.3 is 21.3 Å². The number of urea groups is 1. The van der Waals surface area contributed by atoms with Crippen LogP contribution in [-0.4, -0.2) is 42.0 Å². The molecule has 2 rings (SSSR count). The van der Waals surface area contributed by atoms with E-state index in [-0.39, 0.29) is 23.4 Å². The number of carbonyl (C=O) groups excluding carboxylic acids is 2. The standard InChI is InChI=1S/C19H30N4O2/c1-3-19(20,4-2)14-21-17(24)15-9-8-12-23(13-15)18(25)22-16-10-6-5-7-11-16/h5-7,10-11,15H,3-4,8-9,12-14,20H2,1-2H3,(H,21,24)(H,22,25). The number of benzene rings is 1. The summed E-state index contributed by atoms with van der Waals surface area (Å²) in [5.41, 5.74) is 6.66. The Balaban J connectivity index is 1.87. The number of amides is 3. The summed E-state index contributed by atoms with van der Waals surface area (Å²) >= 11 is 0. The fraction of sp³-hybridized carbons (Fsp3) is 0.579. The van der Waals surface area contributed by atoms with E-state index in [9.17, 15) is 9.59 Å². The van der Waals surface area contributed by atoms with Crippen molar-refractivity contribution in [2.45, 2.75) is 45.1 Å². The molecule has 1 atom stereocenters. The van der Waals surface area contributed by atoms with Crippen molar-refractivity contribution >= 4 is 17.6 Å². The quantitative estimate of drug-likeness (QED) is 0.740. The number of anilines is 1. The largest absolute Gasteiger partial charge is 0.354 e. The van der Waals surface area contributed by atoms with Gasteiger partial charge in [-0.3, -0.25) is 4.79 Å². The highest BCUT2D eigenvalue weighted by atomic mass is 16.2. The second kappa shape index (κ2) is 8.85. The van der Waals surface area contributed by atoms with Gasteiger partial charge in [-0.25, -0.2) is 4.79 Å². The van der Waals surface area contributed by atoms with Gasteiger partial charge in [-0.05, 0) is 37.8 Å². The number of piperidine rings is 1. The zero-order valence-electron chi connectivity index (χ0n) is 15.3. The molecule has 1 saturated heterocycles. The first kappa shape index (κ1) is 19.2. The van der Waals surface area contributed by atoms with E-state index in [2.05, 4.69) is 10.6 Å². The molecule has 6 nitrogen and oxygen atoms in total. The first-order chi connectivity index (χ1) is 12.0. The van der Waals surface area contributed by atoms with Crippen LogP contribution in [0.15, 0.2) is 30.3 Å². The Morgan fingerprint density at radius 2 is 1.92 bits per heavy atom. The lowest BCUT2D eigenvalue weighted by atomic mass is 9.93. The van der Waals surface area contributed by atoms with E-state index >= 15 is 0 Å². The van der Waals surface area contributed by atoms with E-state index in [0.29, 0.717) is 19.6 Å². The fourth-order valence-electron chi connectivity index (χ4n) is 3.01. The van der Waals surface area contributed by atoms with Crippen LogP contribution < -0.4 is 16.4 Å². The maximum atomic E-state index is 12.5. The summed E-state index contributed by atoms with van der Waals surface area (Å²) in [4.78, 5) is 26.6. The summed E-state index contributed by atoms with van der Waals surface area (Å²) < 4.78 is 0. The van der Waals surface area contributed by atoms with Crippen LogP contribution >= 0.6 is 0 Å². The Kier molecular flexibility index (Phi) is 6.82. The third-order valence-corrected chi connectivity index (χ3v) is 5.13. The van der Waals surface area contributed by atoms with Crippen LogP contribution in [0.1, 0.15) is 39.5 Å². The minimum absolute atomic E-state index is 0.00561. The average Bonchev–Trinajstić information content (AvgIpc) is 2.66. The summed E-state index contributed by atoms with van der Waals surface area (Å²) in [6, 6.07) is 9.20. The van der Waals surface area contributed by atoms with Crippen LogP contribution in [0.3, 0.4) is 0 Å². The van der Waals surface area contributed by atoms with Gasteiger partial charge in [-0.2, -0.15) is 0 Å². The molecule has 1 unspecified atom stereocenters. The fourth-order valence-corrected chi connectivity index (χ4v) is 3.01. The van der Waals surface area contributed by atoms with Crippen molar-refractivity contribution in [1.29, 1.82) is 0 Å². The third-order valence-electron chi connectivity index (χ3n) is 5.13. The number of hydrogen-bond acceptors (Lipinski definition) is 3. The van der Waals surface area contributed by atoms with E-state index in [1.165, 1.54) is 0 Å². The monoisotopic (exact) mass is 346 g/mol. The average molecular weight is 346 g/mol. The molecular weight excluding hydrogens is 316 g/mol. The first-order valence-corrected chi connectivity index (χ1v) is 9.15. The van der Waals surface area contributed by atoms with Gasteiger partial charge >= 0.3 is 6.03 Å². The highest BCUT2D eigenvalue weighted by Crippen LogP contribution is 2.19. The predicted molar refractivity (Wildman–Crippen MR) is 100 cm³/mol. The van der Waals surface area contributed by atoms with Gasteiger partial charge in [-0.15, -0.1) is 0 Å². The highest BCUT2D eigenvalue weighted by molar-refractivity contribution is 5.90. The zero-order chi connectivity index (χ0) is 18.3. The Bertz CT molecular complexity index is 572. The number of hydrogen-bond donors (Lipinski definition) is 3. The highest BCUT2D eigenvalue weighted by Gasteiger charge is 2.30. The number of rotatable bonds is 6. The van der Waals surface area contributed by atoms with Crippen LogP contribution in [0.25, 0.3) is 0 Å². The molecule has 0 saturated carbocycles. The van der Waals surface area contributed by atoms with E-state index in [1.807, 2.05) is 44.2 Å². The molecule has 138 valence electrons. The molecule has 0 aliphatic carbocycles. The van der Waals surface area contributed by atoms with Gasteiger partial charge in [0.2, 0.25) is 5.91 Å². The maximum Gasteiger partial charge on any atom is 0.321 e. The van der Waals surface area contributed by atoms with E-state index in [0.717, 1.165) is 31.4 Å². The van der Waals surface area contributed by atoms with Crippen molar-refractivity contribution in [3.8, 4) is 0 Å². The van der Waals surface area contributed by atoms with Gasteiger partial charge in [-0.1, -0.05) is 32.0 Å². The van der Waals surface area contributed by atoms with Crippen LogP contribution in [0, 0.1) is 5.92 Å². The minimum atomic E-state index is -0.352. The third kappa shape index (κ3) is 5.46. The molecule has 0 bridgehead atoms. The van der Waals surface area contributed by atoms with Gasteiger partial charge in [0, 0.05) is 30.9 Å². The summed E-state index contributed by atoms with van der Waals surface area (Å²) in [6.45, 7) is 5.66. The maximum absolute atomic E-state index is 12.5. The van der Waals surface area contributed by atoms with Crippen LogP contribution in [0.5, 0.6) is 0 Å². The zero-order valence-corrected chi connectivity index (χ0v) is 15.3. The summed E-state index contributed by atoms with van der Waals surface area (Å²) in [5.74, 6) is -0.179. The minimum Gasteiger partial charge on any atom is -0.354 e. The summed E-state index contributed by atoms with van der Waals surface area (Å²) in [7, 11) is 0. The molecule has 4 N–H and O–H groups in total. The lowest BCUT2D eigenvalue weighted by molar-refractivity contribution is -0.126. The van der Waals surface area contributed by atoms with Crippen molar-refractivity contribution in [3.63, 3.8) is 0 Å². The Hall–Kier alpha value is -2.08. The molecule has 6 heteroatoms. The number of carbonyl (C=O) groups is 2. The Labute approximate surface area is 150 Å². The van der Waals surface area contributed by atoms with Crippen molar-refractivity contribution in [3.05, 3.63) is 30.3 Å². The lowest BCUT2D eigenvalue weighted by Gasteiger charge is -2.33. The molecule has 1 aromatic carbocycles. The second-order valence-corrected chi connectivity index (χ2v) is 6.87. The van der Waals surface area contributed by atoms with E-state index < -0.39 is 0 Å². The van der Waals surface area contributed by atoms with Crippen molar-refractivity contribution in [1.82, 2.24) is 10.2 Å². The smallest absolute Gasteiger partial charge is 0.321 e. The molecule has 0 radical (unpaired) electrons. The van der Waals surface area contributed by atoms with Crippen molar-refractivity contribution in [2.24, 2.45) is 11.7 Å². The molecule has 0 aromatic heterocycles. The summed E-state index contributed by atoms with van der Waals surface area (Å²) in [5, 5.41) is 5.86.